The molecular weight excluding hydrogens is 373 g/mol. The molecule has 5 nitrogen and oxygen atoms in total. The average Bonchev–Trinajstić information content (AvgIpc) is 3.04. The van der Waals surface area contributed by atoms with Gasteiger partial charge >= 0.3 is 0 Å². The predicted molar refractivity (Wildman–Crippen MR) is 107 cm³/mol. The van der Waals surface area contributed by atoms with Crippen LogP contribution in [-0.4, -0.2) is 30.4 Å². The molecule has 0 spiro atoms. The minimum absolute atomic E-state index is 0. The summed E-state index contributed by atoms with van der Waals surface area (Å²) in [5.74, 6) is 0.414. The minimum atomic E-state index is -0.189. The molecule has 0 bridgehead atoms. The monoisotopic (exact) mass is 399 g/mol. The Morgan fingerprint density at radius 3 is 2.73 bits per heavy atom. The van der Waals surface area contributed by atoms with Crippen LogP contribution in [-0.2, 0) is 4.79 Å². The van der Waals surface area contributed by atoms with Crippen LogP contribution in [0.25, 0.3) is 0 Å². The van der Waals surface area contributed by atoms with Crippen LogP contribution in [0.1, 0.15) is 55.8 Å². The van der Waals surface area contributed by atoms with Crippen molar-refractivity contribution in [1.82, 2.24) is 10.6 Å². The van der Waals surface area contributed by atoms with Crippen molar-refractivity contribution in [3.8, 4) is 0 Å². The van der Waals surface area contributed by atoms with Crippen molar-refractivity contribution in [2.24, 2.45) is 5.92 Å². The summed E-state index contributed by atoms with van der Waals surface area (Å²) in [7, 11) is 0. The molecule has 3 N–H and O–H groups in total. The lowest BCUT2D eigenvalue weighted by Crippen LogP contribution is -2.39. The lowest BCUT2D eigenvalue weighted by Gasteiger charge is -2.24. The number of benzene rings is 1. The van der Waals surface area contributed by atoms with Crippen molar-refractivity contribution in [3.63, 3.8) is 0 Å². The van der Waals surface area contributed by atoms with Gasteiger partial charge in [-0.3, -0.25) is 9.59 Å². The number of nitrogens with one attached hydrogen (secondary N) is 3. The SMILES string of the molecule is CCCNC(=O)c1ccc(NC(=O)C2CC3CCCCC3N2)cc1Cl.Cl. The highest BCUT2D eigenvalue weighted by Crippen LogP contribution is 2.33. The Hall–Kier alpha value is -1.30. The number of rotatable bonds is 5. The van der Waals surface area contributed by atoms with Gasteiger partial charge in [-0.1, -0.05) is 31.4 Å². The van der Waals surface area contributed by atoms with Crippen LogP contribution in [0.4, 0.5) is 5.69 Å². The molecule has 1 saturated carbocycles. The van der Waals surface area contributed by atoms with Gasteiger partial charge in [0.25, 0.3) is 5.91 Å². The lowest BCUT2D eigenvalue weighted by molar-refractivity contribution is -0.117. The molecule has 0 aromatic heterocycles. The van der Waals surface area contributed by atoms with Gasteiger partial charge in [-0.25, -0.2) is 0 Å². The Labute approximate surface area is 166 Å². The molecule has 2 fully saturated rings. The number of anilines is 1. The van der Waals surface area contributed by atoms with Crippen LogP contribution in [0.3, 0.4) is 0 Å². The van der Waals surface area contributed by atoms with Gasteiger partial charge in [0.1, 0.15) is 0 Å². The molecule has 2 aliphatic rings. The summed E-state index contributed by atoms with van der Waals surface area (Å²) in [4.78, 5) is 24.6. The smallest absolute Gasteiger partial charge is 0.252 e. The first-order valence-corrected chi connectivity index (χ1v) is 9.61. The Bertz CT molecular complexity index is 640. The first kappa shape index (κ1) is 21.0. The number of amides is 2. The second kappa shape index (κ2) is 9.58. The van der Waals surface area contributed by atoms with Crippen molar-refractivity contribution < 1.29 is 9.59 Å². The summed E-state index contributed by atoms with van der Waals surface area (Å²) in [5, 5.41) is 9.55. The van der Waals surface area contributed by atoms with Crippen molar-refractivity contribution in [3.05, 3.63) is 28.8 Å². The Balaban J connectivity index is 0.00000243. The minimum Gasteiger partial charge on any atom is -0.352 e. The van der Waals surface area contributed by atoms with Gasteiger partial charge in [-0.15, -0.1) is 12.4 Å². The molecular formula is C19H27Cl2N3O2. The van der Waals surface area contributed by atoms with Gasteiger partial charge in [-0.2, -0.15) is 0 Å². The summed E-state index contributed by atoms with van der Waals surface area (Å²) in [6.07, 6.45) is 6.68. The van der Waals surface area contributed by atoms with Crippen molar-refractivity contribution in [2.45, 2.75) is 57.5 Å². The molecule has 26 heavy (non-hydrogen) atoms. The summed E-state index contributed by atoms with van der Waals surface area (Å²) >= 11 is 6.22. The normalized spacial score (nSPS) is 24.3. The number of hydrogen-bond acceptors (Lipinski definition) is 3. The van der Waals surface area contributed by atoms with Crippen LogP contribution in [0.15, 0.2) is 18.2 Å². The highest BCUT2D eigenvalue weighted by atomic mass is 35.5. The number of fused-ring (bicyclic) bond motifs is 1. The fourth-order valence-electron chi connectivity index (χ4n) is 3.86. The number of halogens is 2. The molecule has 1 heterocycles. The van der Waals surface area contributed by atoms with E-state index in [0.29, 0.717) is 34.8 Å². The van der Waals surface area contributed by atoms with Gasteiger partial charge < -0.3 is 16.0 Å². The fourth-order valence-corrected chi connectivity index (χ4v) is 4.13. The van der Waals surface area contributed by atoms with Crippen LogP contribution in [0, 0.1) is 5.92 Å². The molecule has 3 atom stereocenters. The first-order chi connectivity index (χ1) is 12.1. The molecule has 1 aliphatic heterocycles. The van der Waals surface area contributed by atoms with Crippen molar-refractivity contribution in [2.75, 3.05) is 11.9 Å². The van der Waals surface area contributed by atoms with E-state index < -0.39 is 0 Å². The maximum absolute atomic E-state index is 12.5. The number of hydrogen-bond donors (Lipinski definition) is 3. The van der Waals surface area contributed by atoms with Crippen LogP contribution in [0.2, 0.25) is 5.02 Å². The van der Waals surface area contributed by atoms with Crippen LogP contribution < -0.4 is 16.0 Å². The van der Waals surface area contributed by atoms with Gasteiger partial charge in [0.15, 0.2) is 0 Å². The van der Waals surface area contributed by atoms with Crippen LogP contribution >= 0.6 is 24.0 Å². The second-order valence-corrected chi connectivity index (χ2v) is 7.45. The van der Waals surface area contributed by atoms with E-state index in [-0.39, 0.29) is 30.3 Å². The van der Waals surface area contributed by atoms with E-state index in [1.54, 1.807) is 18.2 Å². The van der Waals surface area contributed by atoms with Gasteiger partial charge in [0.2, 0.25) is 5.91 Å². The van der Waals surface area contributed by atoms with E-state index in [1.807, 2.05) is 6.92 Å². The molecule has 0 radical (unpaired) electrons. The standard InChI is InChI=1S/C19H26ClN3O2.ClH/c1-2-9-21-18(24)14-8-7-13(11-15(14)20)22-19(25)17-10-12-5-3-4-6-16(12)23-17;/h7-8,11-12,16-17,23H,2-6,9-10H2,1H3,(H,21,24)(H,22,25);1H. The largest absolute Gasteiger partial charge is 0.352 e. The third-order valence-electron chi connectivity index (χ3n) is 5.20. The topological polar surface area (TPSA) is 70.2 Å². The average molecular weight is 400 g/mol. The molecule has 1 saturated heterocycles. The molecule has 3 rings (SSSR count). The summed E-state index contributed by atoms with van der Waals surface area (Å²) in [5.41, 5.74) is 1.05. The van der Waals surface area contributed by atoms with E-state index in [4.69, 9.17) is 11.6 Å². The molecule has 2 amide bonds. The van der Waals surface area contributed by atoms with Gasteiger partial charge in [0, 0.05) is 18.3 Å². The maximum Gasteiger partial charge on any atom is 0.252 e. The molecule has 3 unspecified atom stereocenters. The quantitative estimate of drug-likeness (QED) is 0.705. The van der Waals surface area contributed by atoms with E-state index in [2.05, 4.69) is 16.0 Å². The molecule has 7 heteroatoms. The Morgan fingerprint density at radius 2 is 2.04 bits per heavy atom. The summed E-state index contributed by atoms with van der Waals surface area (Å²) in [6.45, 7) is 2.61. The summed E-state index contributed by atoms with van der Waals surface area (Å²) < 4.78 is 0. The number of carbonyl (C=O) groups is 2. The molecule has 1 aromatic carbocycles. The second-order valence-electron chi connectivity index (χ2n) is 7.05. The lowest BCUT2D eigenvalue weighted by atomic mass is 9.85. The Morgan fingerprint density at radius 1 is 1.27 bits per heavy atom. The van der Waals surface area contributed by atoms with E-state index >= 15 is 0 Å². The maximum atomic E-state index is 12.5. The third-order valence-corrected chi connectivity index (χ3v) is 5.51. The van der Waals surface area contributed by atoms with E-state index in [0.717, 1.165) is 12.8 Å². The molecule has 1 aliphatic carbocycles. The van der Waals surface area contributed by atoms with Crippen molar-refractivity contribution in [1.29, 1.82) is 0 Å². The van der Waals surface area contributed by atoms with Gasteiger partial charge in [0.05, 0.1) is 16.6 Å². The van der Waals surface area contributed by atoms with Crippen LogP contribution in [0.5, 0.6) is 0 Å². The highest BCUT2D eigenvalue weighted by molar-refractivity contribution is 6.34. The van der Waals surface area contributed by atoms with Gasteiger partial charge in [-0.05, 0) is 49.8 Å². The summed E-state index contributed by atoms with van der Waals surface area (Å²) in [6, 6.07) is 5.37. The van der Waals surface area contributed by atoms with E-state index in [1.165, 1.54) is 25.7 Å². The molecule has 1 aromatic rings. The highest BCUT2D eigenvalue weighted by Gasteiger charge is 2.38. The predicted octanol–water partition coefficient (Wildman–Crippen LogP) is 3.76. The zero-order valence-corrected chi connectivity index (χ0v) is 16.6. The first-order valence-electron chi connectivity index (χ1n) is 9.23. The Kier molecular flexibility index (Phi) is 7.74. The third kappa shape index (κ3) is 4.90. The number of carbonyl (C=O) groups excluding carboxylic acids is 2. The molecule has 144 valence electrons. The zero-order chi connectivity index (χ0) is 17.8. The fraction of sp³-hybridized carbons (Fsp3) is 0.579. The zero-order valence-electron chi connectivity index (χ0n) is 15.0. The van der Waals surface area contributed by atoms with E-state index in [9.17, 15) is 9.59 Å². The van der Waals surface area contributed by atoms with Crippen molar-refractivity contribution >= 4 is 41.5 Å².